The molecule has 0 atom stereocenters. The van der Waals surface area contributed by atoms with Gasteiger partial charge in [0.1, 0.15) is 4.83 Å². The van der Waals surface area contributed by atoms with Crippen molar-refractivity contribution in [3.8, 4) is 5.69 Å². The first kappa shape index (κ1) is 17.7. The lowest BCUT2D eigenvalue weighted by atomic mass is 9.86. The number of thiophene rings is 1. The van der Waals surface area contributed by atoms with Gasteiger partial charge in [0.15, 0.2) is 0 Å². The average Bonchev–Trinajstić information content (AvgIpc) is 3.24. The molecule has 2 N–H and O–H groups in total. The maximum absolute atomic E-state index is 12.7. The zero-order valence-corrected chi connectivity index (χ0v) is 15.8. The van der Waals surface area contributed by atoms with Gasteiger partial charge in [0.05, 0.1) is 22.2 Å². The molecular weight excluding hydrogens is 362 g/mol. The predicted molar refractivity (Wildman–Crippen MR) is 105 cm³/mol. The lowest BCUT2D eigenvalue weighted by Gasteiger charge is -2.26. The number of fused-ring (bicyclic) bond motifs is 1. The number of para-hydroxylation sites is 1. The molecule has 1 saturated carbocycles. The minimum absolute atomic E-state index is 0.0463. The molecule has 27 heavy (non-hydrogen) atoms. The largest absolute Gasteiger partial charge is 0.481 e. The Morgan fingerprint density at radius 1 is 1.19 bits per heavy atom. The van der Waals surface area contributed by atoms with Gasteiger partial charge in [0.25, 0.3) is 5.91 Å². The van der Waals surface area contributed by atoms with Gasteiger partial charge in [-0.05, 0) is 50.8 Å². The van der Waals surface area contributed by atoms with Gasteiger partial charge in [-0.25, -0.2) is 4.68 Å². The second kappa shape index (κ2) is 7.15. The highest BCUT2D eigenvalue weighted by atomic mass is 32.1. The summed E-state index contributed by atoms with van der Waals surface area (Å²) in [5.41, 5.74) is 1.86. The number of amides is 1. The van der Waals surface area contributed by atoms with Crippen molar-refractivity contribution in [3.63, 3.8) is 0 Å². The lowest BCUT2D eigenvalue weighted by Crippen LogP contribution is -2.38. The smallest absolute Gasteiger partial charge is 0.306 e. The molecule has 1 amide bonds. The van der Waals surface area contributed by atoms with Crippen LogP contribution >= 0.6 is 11.3 Å². The molecule has 1 fully saturated rings. The Morgan fingerprint density at radius 2 is 1.89 bits per heavy atom. The predicted octanol–water partition coefficient (Wildman–Crippen LogP) is 3.77. The molecule has 2 aromatic heterocycles. The molecule has 140 valence electrons. The van der Waals surface area contributed by atoms with Gasteiger partial charge in [-0.1, -0.05) is 18.2 Å². The van der Waals surface area contributed by atoms with Crippen LogP contribution in [-0.4, -0.2) is 32.8 Å². The van der Waals surface area contributed by atoms with Gasteiger partial charge in [0, 0.05) is 11.4 Å². The van der Waals surface area contributed by atoms with Crippen LogP contribution in [0.15, 0.2) is 36.4 Å². The molecular formula is C20H21N3O3S. The fourth-order valence-corrected chi connectivity index (χ4v) is 4.73. The Hall–Kier alpha value is -2.67. The number of hydrogen-bond donors (Lipinski definition) is 2. The number of nitrogens with one attached hydrogen (secondary N) is 1. The zero-order valence-electron chi connectivity index (χ0n) is 15.0. The van der Waals surface area contributed by atoms with Crippen molar-refractivity contribution >= 4 is 33.4 Å². The van der Waals surface area contributed by atoms with Crippen LogP contribution in [0.4, 0.5) is 0 Å². The summed E-state index contributed by atoms with van der Waals surface area (Å²) in [5.74, 6) is -1.10. The number of aryl methyl sites for hydroxylation is 1. The van der Waals surface area contributed by atoms with E-state index in [1.165, 1.54) is 11.3 Å². The van der Waals surface area contributed by atoms with Crippen LogP contribution in [-0.2, 0) is 4.79 Å². The van der Waals surface area contributed by atoms with Crippen LogP contribution in [0.1, 0.15) is 41.0 Å². The molecule has 1 aliphatic carbocycles. The van der Waals surface area contributed by atoms with Crippen molar-refractivity contribution < 1.29 is 14.7 Å². The van der Waals surface area contributed by atoms with E-state index in [9.17, 15) is 9.59 Å². The van der Waals surface area contributed by atoms with E-state index >= 15 is 0 Å². The quantitative estimate of drug-likeness (QED) is 0.718. The van der Waals surface area contributed by atoms with Gasteiger partial charge in [0.2, 0.25) is 0 Å². The van der Waals surface area contributed by atoms with Crippen LogP contribution in [0.25, 0.3) is 15.9 Å². The Bertz CT molecular complexity index is 985. The van der Waals surface area contributed by atoms with E-state index in [2.05, 4.69) is 10.4 Å². The number of nitrogens with zero attached hydrogens (tertiary/aromatic N) is 2. The molecule has 1 aliphatic rings. The van der Waals surface area contributed by atoms with Crippen molar-refractivity contribution in [2.45, 2.75) is 38.6 Å². The third kappa shape index (κ3) is 3.47. The Morgan fingerprint density at radius 3 is 2.56 bits per heavy atom. The van der Waals surface area contributed by atoms with Gasteiger partial charge in [-0.2, -0.15) is 5.10 Å². The van der Waals surface area contributed by atoms with Crippen molar-refractivity contribution in [2.75, 3.05) is 0 Å². The first-order chi connectivity index (χ1) is 13.0. The molecule has 0 aliphatic heterocycles. The minimum Gasteiger partial charge on any atom is -0.481 e. The molecule has 4 rings (SSSR count). The van der Waals surface area contributed by atoms with E-state index in [-0.39, 0.29) is 17.9 Å². The Balaban J connectivity index is 1.53. The Kier molecular flexibility index (Phi) is 4.70. The highest BCUT2D eigenvalue weighted by Gasteiger charge is 2.27. The first-order valence-electron chi connectivity index (χ1n) is 9.11. The molecule has 7 heteroatoms. The fourth-order valence-electron chi connectivity index (χ4n) is 3.64. The summed E-state index contributed by atoms with van der Waals surface area (Å²) in [6.45, 7) is 1.95. The highest BCUT2D eigenvalue weighted by Crippen LogP contribution is 2.31. The van der Waals surface area contributed by atoms with Crippen molar-refractivity contribution in [1.82, 2.24) is 15.1 Å². The SMILES string of the molecule is Cc1nn(-c2ccccc2)c2sc(C(=O)NC3CCC(C(=O)O)CC3)cc12. The summed E-state index contributed by atoms with van der Waals surface area (Å²) in [6, 6.07) is 11.8. The molecule has 6 nitrogen and oxygen atoms in total. The second-order valence-corrected chi connectivity index (χ2v) is 8.05. The summed E-state index contributed by atoms with van der Waals surface area (Å²) in [7, 11) is 0. The van der Waals surface area contributed by atoms with Crippen LogP contribution in [0.3, 0.4) is 0 Å². The lowest BCUT2D eigenvalue weighted by molar-refractivity contribution is -0.142. The average molecular weight is 383 g/mol. The van der Waals surface area contributed by atoms with Crippen LogP contribution in [0.5, 0.6) is 0 Å². The number of carbonyl (C=O) groups is 2. The molecule has 0 saturated heterocycles. The fraction of sp³-hybridized carbons (Fsp3) is 0.350. The molecule has 3 aromatic rings. The van der Waals surface area contributed by atoms with Crippen LogP contribution < -0.4 is 5.32 Å². The summed E-state index contributed by atoms with van der Waals surface area (Å²) in [6.07, 6.45) is 2.67. The maximum Gasteiger partial charge on any atom is 0.306 e. The molecule has 0 spiro atoms. The minimum atomic E-state index is -0.731. The van der Waals surface area contributed by atoms with E-state index in [0.29, 0.717) is 30.6 Å². The van der Waals surface area contributed by atoms with E-state index in [1.54, 1.807) is 0 Å². The van der Waals surface area contributed by atoms with Crippen molar-refractivity contribution in [2.24, 2.45) is 5.92 Å². The van der Waals surface area contributed by atoms with Crippen molar-refractivity contribution in [3.05, 3.63) is 47.0 Å². The maximum atomic E-state index is 12.7. The summed E-state index contributed by atoms with van der Waals surface area (Å²) in [4.78, 5) is 25.4. The van der Waals surface area contributed by atoms with E-state index < -0.39 is 5.97 Å². The third-order valence-electron chi connectivity index (χ3n) is 5.18. The number of benzene rings is 1. The zero-order chi connectivity index (χ0) is 19.0. The van der Waals surface area contributed by atoms with Gasteiger partial charge >= 0.3 is 5.97 Å². The summed E-state index contributed by atoms with van der Waals surface area (Å²) < 4.78 is 1.88. The normalized spacial score (nSPS) is 19.9. The summed E-state index contributed by atoms with van der Waals surface area (Å²) in [5, 5.41) is 17.8. The molecule has 0 bridgehead atoms. The number of aliphatic carboxylic acids is 1. The van der Waals surface area contributed by atoms with Crippen LogP contribution in [0.2, 0.25) is 0 Å². The highest BCUT2D eigenvalue weighted by molar-refractivity contribution is 7.20. The van der Waals surface area contributed by atoms with Gasteiger partial charge < -0.3 is 10.4 Å². The molecule has 0 radical (unpaired) electrons. The standard InChI is InChI=1S/C20H21N3O3S/c1-12-16-11-17(18(24)21-14-9-7-13(8-10-14)20(25)26)27-19(16)23(22-12)15-5-3-2-4-6-15/h2-6,11,13-14H,7-10H2,1H3,(H,21,24)(H,25,26). The topological polar surface area (TPSA) is 84.2 Å². The number of hydrogen-bond acceptors (Lipinski definition) is 4. The monoisotopic (exact) mass is 383 g/mol. The molecule has 1 aromatic carbocycles. The first-order valence-corrected chi connectivity index (χ1v) is 9.93. The number of rotatable bonds is 4. The Labute approximate surface area is 160 Å². The van der Waals surface area contributed by atoms with E-state index in [4.69, 9.17) is 5.11 Å². The van der Waals surface area contributed by atoms with Gasteiger partial charge in [-0.3, -0.25) is 9.59 Å². The molecule has 0 unspecified atom stereocenters. The van der Waals surface area contributed by atoms with Crippen LogP contribution in [0, 0.1) is 12.8 Å². The van der Waals surface area contributed by atoms with E-state index in [1.807, 2.05) is 48.0 Å². The third-order valence-corrected chi connectivity index (χ3v) is 6.29. The number of carboxylic acids is 1. The van der Waals surface area contributed by atoms with E-state index in [0.717, 1.165) is 21.6 Å². The summed E-state index contributed by atoms with van der Waals surface area (Å²) >= 11 is 1.44. The second-order valence-electron chi connectivity index (χ2n) is 7.02. The number of carbonyl (C=O) groups excluding carboxylic acids is 1. The number of aromatic nitrogens is 2. The molecule has 2 heterocycles. The van der Waals surface area contributed by atoms with Gasteiger partial charge in [-0.15, -0.1) is 11.3 Å². The number of carboxylic acid groups (broad SMARTS) is 1. The van der Waals surface area contributed by atoms with Crippen molar-refractivity contribution in [1.29, 1.82) is 0 Å².